The van der Waals surface area contributed by atoms with Crippen molar-refractivity contribution in [2.24, 2.45) is 5.92 Å². The van der Waals surface area contributed by atoms with Crippen molar-refractivity contribution in [3.05, 3.63) is 30.3 Å². The van der Waals surface area contributed by atoms with Crippen LogP contribution in [-0.2, 0) is 9.84 Å². The monoisotopic (exact) mass is 379 g/mol. The first-order chi connectivity index (χ1) is 12.4. The first kappa shape index (κ1) is 19.2. The highest BCUT2D eigenvalue weighted by molar-refractivity contribution is 7.92. The molecular weight excluding hydrogens is 350 g/mol. The van der Waals surface area contributed by atoms with E-state index in [-0.39, 0.29) is 23.1 Å². The summed E-state index contributed by atoms with van der Waals surface area (Å²) in [7, 11) is -3.08. The van der Waals surface area contributed by atoms with E-state index in [0.717, 1.165) is 12.2 Å². The van der Waals surface area contributed by atoms with Crippen molar-refractivity contribution in [3.63, 3.8) is 0 Å². The maximum Gasteiger partial charge on any atom is 0.321 e. The quantitative estimate of drug-likeness (QED) is 0.876. The van der Waals surface area contributed by atoms with E-state index in [1.54, 1.807) is 4.90 Å². The molecule has 0 unspecified atom stereocenters. The maximum absolute atomic E-state index is 12.6. The molecule has 2 fully saturated rings. The van der Waals surface area contributed by atoms with Gasteiger partial charge in [0.05, 0.1) is 11.0 Å². The third-order valence-corrected chi connectivity index (χ3v) is 7.54. The normalized spacial score (nSPS) is 26.2. The van der Waals surface area contributed by atoms with Gasteiger partial charge >= 0.3 is 6.03 Å². The summed E-state index contributed by atoms with van der Waals surface area (Å²) in [6.45, 7) is 6.91. The van der Waals surface area contributed by atoms with Crippen LogP contribution in [0.1, 0.15) is 26.7 Å². The van der Waals surface area contributed by atoms with E-state index in [9.17, 15) is 13.2 Å². The van der Waals surface area contributed by atoms with Crippen molar-refractivity contribution in [2.45, 2.75) is 38.0 Å². The Morgan fingerprint density at radius 3 is 2.54 bits per heavy atom. The Balaban J connectivity index is 1.71. The average molecular weight is 380 g/mol. The Kier molecular flexibility index (Phi) is 5.87. The lowest BCUT2D eigenvalue weighted by Crippen LogP contribution is -2.55. The molecule has 2 heterocycles. The maximum atomic E-state index is 12.6. The zero-order valence-electron chi connectivity index (χ0n) is 15.6. The van der Waals surface area contributed by atoms with Crippen LogP contribution in [0.4, 0.5) is 10.5 Å². The van der Waals surface area contributed by atoms with Crippen molar-refractivity contribution in [2.75, 3.05) is 37.2 Å². The second-order valence-corrected chi connectivity index (χ2v) is 10.1. The van der Waals surface area contributed by atoms with Gasteiger partial charge in [0.1, 0.15) is 0 Å². The molecule has 6 nitrogen and oxygen atoms in total. The van der Waals surface area contributed by atoms with Gasteiger partial charge < -0.3 is 10.2 Å². The number of para-hydroxylation sites is 1. The number of amides is 2. The van der Waals surface area contributed by atoms with Crippen LogP contribution in [0.25, 0.3) is 0 Å². The fourth-order valence-electron chi connectivity index (χ4n) is 4.08. The Hall–Kier alpha value is -1.60. The zero-order valence-corrected chi connectivity index (χ0v) is 16.4. The van der Waals surface area contributed by atoms with Gasteiger partial charge in [0.2, 0.25) is 0 Å². The van der Waals surface area contributed by atoms with Crippen LogP contribution in [-0.4, -0.2) is 67.5 Å². The second kappa shape index (κ2) is 7.96. The molecule has 7 heteroatoms. The SMILES string of the molecule is CC(C)CN1CCS(=O)(=O)[C@@H]2CCN(C(=O)Nc3ccccc3)CC[C@@H]21. The molecule has 0 radical (unpaired) electrons. The summed E-state index contributed by atoms with van der Waals surface area (Å²) in [6, 6.07) is 9.23. The first-order valence-corrected chi connectivity index (χ1v) is 11.1. The van der Waals surface area contributed by atoms with Gasteiger partial charge in [-0.15, -0.1) is 0 Å². The summed E-state index contributed by atoms with van der Waals surface area (Å²) in [6.07, 6.45) is 1.22. The van der Waals surface area contributed by atoms with E-state index in [4.69, 9.17) is 0 Å². The number of fused-ring (bicyclic) bond motifs is 1. The summed E-state index contributed by atoms with van der Waals surface area (Å²) in [5, 5.41) is 2.55. The van der Waals surface area contributed by atoms with E-state index in [0.29, 0.717) is 38.4 Å². The van der Waals surface area contributed by atoms with E-state index >= 15 is 0 Å². The molecule has 0 aliphatic carbocycles. The number of likely N-dealkylation sites (tertiary alicyclic amines) is 1. The fourth-order valence-corrected chi connectivity index (χ4v) is 6.13. The molecule has 0 aromatic heterocycles. The average Bonchev–Trinajstić information content (AvgIpc) is 2.82. The third-order valence-electron chi connectivity index (χ3n) is 5.31. The molecule has 2 amide bonds. The molecule has 0 bridgehead atoms. The Labute approximate surface area is 156 Å². The van der Waals surface area contributed by atoms with Crippen LogP contribution in [0.15, 0.2) is 30.3 Å². The minimum Gasteiger partial charge on any atom is -0.324 e. The predicted molar refractivity (Wildman–Crippen MR) is 104 cm³/mol. The van der Waals surface area contributed by atoms with Gasteiger partial charge in [-0.25, -0.2) is 13.2 Å². The molecule has 0 saturated carbocycles. The van der Waals surface area contributed by atoms with Crippen molar-refractivity contribution in [1.82, 2.24) is 9.80 Å². The molecule has 2 aliphatic rings. The zero-order chi connectivity index (χ0) is 18.7. The lowest BCUT2D eigenvalue weighted by molar-refractivity contribution is 0.161. The van der Waals surface area contributed by atoms with E-state index in [2.05, 4.69) is 24.1 Å². The molecule has 26 heavy (non-hydrogen) atoms. The minimum absolute atomic E-state index is 0.0191. The van der Waals surface area contributed by atoms with Gasteiger partial charge in [0.25, 0.3) is 0 Å². The van der Waals surface area contributed by atoms with Gasteiger partial charge in [0.15, 0.2) is 9.84 Å². The van der Waals surface area contributed by atoms with E-state index in [1.807, 2.05) is 30.3 Å². The number of carbonyl (C=O) groups is 1. The van der Waals surface area contributed by atoms with Crippen LogP contribution in [0.5, 0.6) is 0 Å². The Morgan fingerprint density at radius 1 is 1.15 bits per heavy atom. The number of carbonyl (C=O) groups excluding carboxylic acids is 1. The van der Waals surface area contributed by atoms with Crippen LogP contribution < -0.4 is 5.32 Å². The number of rotatable bonds is 3. The largest absolute Gasteiger partial charge is 0.324 e. The van der Waals surface area contributed by atoms with Crippen molar-refractivity contribution >= 4 is 21.6 Å². The summed E-state index contributed by atoms with van der Waals surface area (Å²) >= 11 is 0. The first-order valence-electron chi connectivity index (χ1n) is 9.43. The lowest BCUT2D eigenvalue weighted by atomic mass is 10.0. The number of nitrogens with zero attached hydrogens (tertiary/aromatic N) is 2. The van der Waals surface area contributed by atoms with Crippen molar-refractivity contribution < 1.29 is 13.2 Å². The highest BCUT2D eigenvalue weighted by atomic mass is 32.2. The molecule has 1 aromatic carbocycles. The summed E-state index contributed by atoms with van der Waals surface area (Å²) < 4.78 is 25.2. The van der Waals surface area contributed by atoms with E-state index < -0.39 is 9.84 Å². The predicted octanol–water partition coefficient (Wildman–Crippen LogP) is 2.44. The van der Waals surface area contributed by atoms with Crippen LogP contribution in [0.3, 0.4) is 0 Å². The number of hydrogen-bond acceptors (Lipinski definition) is 4. The number of sulfone groups is 1. The van der Waals surface area contributed by atoms with Gasteiger partial charge in [-0.2, -0.15) is 0 Å². The molecule has 3 rings (SSSR count). The molecular formula is C19H29N3O3S. The number of anilines is 1. The van der Waals surface area contributed by atoms with Crippen molar-refractivity contribution in [1.29, 1.82) is 0 Å². The molecule has 1 aromatic rings. The summed E-state index contributed by atoms with van der Waals surface area (Å²) in [5.41, 5.74) is 0.758. The second-order valence-electron chi connectivity index (χ2n) is 7.72. The molecule has 0 spiro atoms. The van der Waals surface area contributed by atoms with Crippen LogP contribution in [0, 0.1) is 5.92 Å². The topological polar surface area (TPSA) is 69.7 Å². The Morgan fingerprint density at radius 2 is 1.85 bits per heavy atom. The molecule has 144 valence electrons. The summed E-state index contributed by atoms with van der Waals surface area (Å²) in [4.78, 5) is 16.7. The smallest absolute Gasteiger partial charge is 0.321 e. The summed E-state index contributed by atoms with van der Waals surface area (Å²) in [5.74, 6) is 0.731. The molecule has 1 N–H and O–H groups in total. The van der Waals surface area contributed by atoms with Gasteiger partial charge in [-0.05, 0) is 30.9 Å². The number of urea groups is 1. The highest BCUT2D eigenvalue weighted by Gasteiger charge is 2.43. The number of benzene rings is 1. The number of nitrogens with one attached hydrogen (secondary N) is 1. The van der Waals surface area contributed by atoms with Crippen LogP contribution in [0.2, 0.25) is 0 Å². The lowest BCUT2D eigenvalue weighted by Gasteiger charge is -2.40. The van der Waals surface area contributed by atoms with Gasteiger partial charge in [0, 0.05) is 37.9 Å². The number of hydrogen-bond donors (Lipinski definition) is 1. The van der Waals surface area contributed by atoms with E-state index in [1.165, 1.54) is 0 Å². The molecule has 2 atom stereocenters. The fraction of sp³-hybridized carbons (Fsp3) is 0.632. The van der Waals surface area contributed by atoms with Gasteiger partial charge in [-0.1, -0.05) is 32.0 Å². The molecule has 2 saturated heterocycles. The van der Waals surface area contributed by atoms with Crippen LogP contribution >= 0.6 is 0 Å². The van der Waals surface area contributed by atoms with Crippen molar-refractivity contribution in [3.8, 4) is 0 Å². The standard InChI is InChI=1S/C19H29N3O3S/c1-15(2)14-22-12-13-26(24,25)18-9-11-21(10-8-17(18)22)19(23)20-16-6-4-3-5-7-16/h3-7,15,17-18H,8-14H2,1-2H3,(H,20,23)/t17-,18+/m0/s1. The third kappa shape index (κ3) is 4.38. The highest BCUT2D eigenvalue weighted by Crippen LogP contribution is 2.28. The Bertz CT molecular complexity index is 721. The van der Waals surface area contributed by atoms with Gasteiger partial charge in [-0.3, -0.25) is 4.90 Å². The minimum atomic E-state index is -3.08. The molecule has 2 aliphatic heterocycles.